The van der Waals surface area contributed by atoms with Gasteiger partial charge in [0.1, 0.15) is 5.15 Å². The Morgan fingerprint density at radius 1 is 0.852 bits per heavy atom. The van der Waals surface area contributed by atoms with Crippen molar-refractivity contribution >= 4 is 23.4 Å². The standard InChI is InChI=1S/C20H17ClN4O2/c21-18-16(8-5-9-22-18)17-12-24(13-23-17)10-3-4-11-25-19(26)14-6-1-2-7-15(14)20(25)27/h1-2,5-9,12-13H,3-4,10-11H2. The number of unbranched alkanes of at least 4 members (excludes halogenated alkanes) is 1. The van der Waals surface area contributed by atoms with Gasteiger partial charge in [0.15, 0.2) is 0 Å². The van der Waals surface area contributed by atoms with Crippen LogP contribution in [0, 0.1) is 0 Å². The maximum atomic E-state index is 12.3. The van der Waals surface area contributed by atoms with Gasteiger partial charge >= 0.3 is 0 Å². The number of hydrogen-bond acceptors (Lipinski definition) is 4. The lowest BCUT2D eigenvalue weighted by Gasteiger charge is -2.13. The van der Waals surface area contributed by atoms with Gasteiger partial charge in [0.25, 0.3) is 11.8 Å². The number of carbonyl (C=O) groups excluding carboxylic acids is 2. The van der Waals surface area contributed by atoms with Crippen LogP contribution in [0.2, 0.25) is 5.15 Å². The van der Waals surface area contributed by atoms with E-state index in [0.29, 0.717) is 22.8 Å². The quantitative estimate of drug-likeness (QED) is 0.371. The third-order valence-corrected chi connectivity index (χ3v) is 4.90. The van der Waals surface area contributed by atoms with Gasteiger partial charge in [0.2, 0.25) is 0 Å². The fraction of sp³-hybridized carbons (Fsp3) is 0.200. The highest BCUT2D eigenvalue weighted by molar-refractivity contribution is 6.32. The molecule has 0 saturated heterocycles. The Morgan fingerprint density at radius 2 is 1.52 bits per heavy atom. The number of pyridine rings is 1. The topological polar surface area (TPSA) is 68.1 Å². The lowest BCUT2D eigenvalue weighted by atomic mass is 10.1. The van der Waals surface area contributed by atoms with Crippen molar-refractivity contribution < 1.29 is 9.59 Å². The maximum absolute atomic E-state index is 12.3. The second kappa shape index (κ2) is 7.32. The summed E-state index contributed by atoms with van der Waals surface area (Å²) in [5, 5.41) is 0.424. The summed E-state index contributed by atoms with van der Waals surface area (Å²) in [6.45, 7) is 1.16. The molecule has 0 radical (unpaired) electrons. The first kappa shape index (κ1) is 17.4. The lowest BCUT2D eigenvalue weighted by Crippen LogP contribution is -2.30. The van der Waals surface area contributed by atoms with Crippen LogP contribution >= 0.6 is 11.6 Å². The number of imidazole rings is 1. The van der Waals surface area contributed by atoms with Crippen LogP contribution in [-0.4, -0.2) is 37.8 Å². The molecule has 2 aromatic heterocycles. The molecular weight excluding hydrogens is 364 g/mol. The Kier molecular flexibility index (Phi) is 4.73. The molecule has 4 rings (SSSR count). The molecule has 0 aliphatic carbocycles. The number of fused-ring (bicyclic) bond motifs is 1. The molecule has 3 heterocycles. The number of carbonyl (C=O) groups is 2. The fourth-order valence-electron chi connectivity index (χ4n) is 3.21. The van der Waals surface area contributed by atoms with Crippen molar-refractivity contribution in [1.82, 2.24) is 19.4 Å². The summed E-state index contributed by atoms with van der Waals surface area (Å²) in [4.78, 5) is 34.4. The minimum absolute atomic E-state index is 0.202. The van der Waals surface area contributed by atoms with Crippen LogP contribution in [0.1, 0.15) is 33.6 Å². The monoisotopic (exact) mass is 380 g/mol. The number of aromatic nitrogens is 3. The summed E-state index contributed by atoms with van der Waals surface area (Å²) in [6, 6.07) is 10.7. The van der Waals surface area contributed by atoms with Crippen molar-refractivity contribution in [2.24, 2.45) is 0 Å². The van der Waals surface area contributed by atoms with Crippen molar-refractivity contribution in [1.29, 1.82) is 0 Å². The minimum Gasteiger partial charge on any atom is -0.337 e. The van der Waals surface area contributed by atoms with Crippen molar-refractivity contribution in [2.45, 2.75) is 19.4 Å². The summed E-state index contributed by atoms with van der Waals surface area (Å²) in [6.07, 6.45) is 6.87. The van der Waals surface area contributed by atoms with E-state index in [4.69, 9.17) is 11.6 Å². The number of aryl methyl sites for hydroxylation is 1. The van der Waals surface area contributed by atoms with Crippen LogP contribution < -0.4 is 0 Å². The third kappa shape index (κ3) is 3.36. The molecule has 2 amide bonds. The van der Waals surface area contributed by atoms with Gasteiger partial charge < -0.3 is 4.57 Å². The van der Waals surface area contributed by atoms with Crippen LogP contribution in [-0.2, 0) is 6.54 Å². The summed E-state index contributed by atoms with van der Waals surface area (Å²) < 4.78 is 1.97. The van der Waals surface area contributed by atoms with E-state index in [2.05, 4.69) is 9.97 Å². The lowest BCUT2D eigenvalue weighted by molar-refractivity contribution is 0.0651. The second-order valence-corrected chi connectivity index (χ2v) is 6.71. The van der Waals surface area contributed by atoms with Crippen LogP contribution in [0.3, 0.4) is 0 Å². The molecule has 7 heteroatoms. The molecule has 6 nitrogen and oxygen atoms in total. The fourth-order valence-corrected chi connectivity index (χ4v) is 3.42. The number of nitrogens with zero attached hydrogens (tertiary/aromatic N) is 4. The average molecular weight is 381 g/mol. The Hall–Kier alpha value is -2.99. The van der Waals surface area contributed by atoms with E-state index in [1.165, 1.54) is 4.90 Å². The number of amides is 2. The summed E-state index contributed by atoms with van der Waals surface area (Å²) in [5.74, 6) is -0.404. The molecule has 1 aliphatic rings. The average Bonchev–Trinajstić information content (AvgIpc) is 3.24. The minimum atomic E-state index is -0.202. The van der Waals surface area contributed by atoms with Crippen LogP contribution in [0.5, 0.6) is 0 Å². The largest absolute Gasteiger partial charge is 0.337 e. The van der Waals surface area contributed by atoms with Gasteiger partial charge in [-0.25, -0.2) is 9.97 Å². The molecular formula is C20H17ClN4O2. The highest BCUT2D eigenvalue weighted by Gasteiger charge is 2.34. The highest BCUT2D eigenvalue weighted by atomic mass is 35.5. The third-order valence-electron chi connectivity index (χ3n) is 4.59. The molecule has 0 unspecified atom stereocenters. The van der Waals surface area contributed by atoms with Gasteiger partial charge in [-0.1, -0.05) is 23.7 Å². The van der Waals surface area contributed by atoms with Gasteiger partial charge in [-0.05, 0) is 37.1 Å². The number of imide groups is 1. The number of benzene rings is 1. The summed E-state index contributed by atoms with van der Waals surface area (Å²) >= 11 is 6.10. The highest BCUT2D eigenvalue weighted by Crippen LogP contribution is 2.24. The van der Waals surface area contributed by atoms with Crippen molar-refractivity contribution in [3.05, 3.63) is 71.4 Å². The molecule has 1 aromatic carbocycles. The predicted octanol–water partition coefficient (Wildman–Crippen LogP) is 3.67. The first-order valence-corrected chi connectivity index (χ1v) is 9.11. The number of hydrogen-bond donors (Lipinski definition) is 0. The van der Waals surface area contributed by atoms with Gasteiger partial charge in [-0.15, -0.1) is 0 Å². The van der Waals surface area contributed by atoms with E-state index in [0.717, 1.165) is 30.6 Å². The van der Waals surface area contributed by atoms with Gasteiger partial charge in [0, 0.05) is 31.0 Å². The SMILES string of the molecule is O=C1c2ccccc2C(=O)N1CCCCn1cnc(-c2cccnc2Cl)c1. The number of halogens is 1. The second-order valence-electron chi connectivity index (χ2n) is 6.35. The predicted molar refractivity (Wildman–Crippen MR) is 102 cm³/mol. The van der Waals surface area contributed by atoms with E-state index in [1.54, 1.807) is 36.8 Å². The van der Waals surface area contributed by atoms with E-state index in [1.807, 2.05) is 22.9 Å². The van der Waals surface area contributed by atoms with Crippen molar-refractivity contribution in [3.8, 4) is 11.3 Å². The first-order chi connectivity index (χ1) is 13.1. The normalized spacial score (nSPS) is 13.3. The van der Waals surface area contributed by atoms with E-state index in [-0.39, 0.29) is 11.8 Å². The summed E-state index contributed by atoms with van der Waals surface area (Å²) in [7, 11) is 0. The Morgan fingerprint density at radius 3 is 2.22 bits per heavy atom. The molecule has 0 saturated carbocycles. The Bertz CT molecular complexity index is 979. The zero-order valence-electron chi connectivity index (χ0n) is 14.5. The van der Waals surface area contributed by atoms with Crippen molar-refractivity contribution in [3.63, 3.8) is 0 Å². The van der Waals surface area contributed by atoms with E-state index < -0.39 is 0 Å². The molecule has 0 bridgehead atoms. The molecule has 27 heavy (non-hydrogen) atoms. The zero-order chi connectivity index (χ0) is 18.8. The molecule has 3 aromatic rings. The molecule has 0 atom stereocenters. The van der Waals surface area contributed by atoms with Crippen LogP contribution in [0.4, 0.5) is 0 Å². The molecule has 0 N–H and O–H groups in total. The van der Waals surface area contributed by atoms with E-state index >= 15 is 0 Å². The zero-order valence-corrected chi connectivity index (χ0v) is 15.3. The molecule has 136 valence electrons. The molecule has 0 spiro atoms. The van der Waals surface area contributed by atoms with Gasteiger partial charge in [-0.2, -0.15) is 0 Å². The molecule has 1 aliphatic heterocycles. The maximum Gasteiger partial charge on any atom is 0.261 e. The summed E-state index contributed by atoms with van der Waals surface area (Å²) in [5.41, 5.74) is 2.56. The van der Waals surface area contributed by atoms with Crippen molar-refractivity contribution in [2.75, 3.05) is 6.54 Å². The first-order valence-electron chi connectivity index (χ1n) is 8.73. The van der Waals surface area contributed by atoms with Crippen LogP contribution in [0.15, 0.2) is 55.1 Å². The van der Waals surface area contributed by atoms with Gasteiger partial charge in [-0.3, -0.25) is 14.5 Å². The Balaban J connectivity index is 1.32. The number of rotatable bonds is 6. The van der Waals surface area contributed by atoms with Crippen LogP contribution in [0.25, 0.3) is 11.3 Å². The van der Waals surface area contributed by atoms with Gasteiger partial charge in [0.05, 0.1) is 23.1 Å². The smallest absolute Gasteiger partial charge is 0.261 e. The molecule has 0 fully saturated rings. The Labute approximate surface area is 161 Å². The van der Waals surface area contributed by atoms with E-state index in [9.17, 15) is 9.59 Å².